The zero-order chi connectivity index (χ0) is 13.1. The molecule has 2 rings (SSSR count). The van der Waals surface area contributed by atoms with E-state index in [2.05, 4.69) is 20.7 Å². The van der Waals surface area contributed by atoms with Crippen LogP contribution < -0.4 is 16.6 Å². The molecule has 1 heterocycles. The molecule has 5 nitrogen and oxygen atoms in total. The van der Waals surface area contributed by atoms with Gasteiger partial charge in [-0.15, -0.1) is 0 Å². The number of anilines is 3. The molecular weight excluding hydrogens is 240 g/mol. The molecule has 2 aromatic rings. The Labute approximate surface area is 102 Å². The number of benzene rings is 1. The van der Waals surface area contributed by atoms with Gasteiger partial charge in [0.1, 0.15) is 5.82 Å². The lowest BCUT2D eigenvalue weighted by atomic mass is 10.2. The SMILES string of the molecule is Cc1c(F)cccc1Nc1nc(NN)ncc1F. The summed E-state index contributed by atoms with van der Waals surface area (Å²) in [5.41, 5.74) is 3.00. The van der Waals surface area contributed by atoms with Gasteiger partial charge in [0.2, 0.25) is 5.95 Å². The molecule has 18 heavy (non-hydrogen) atoms. The number of nitrogens with one attached hydrogen (secondary N) is 2. The monoisotopic (exact) mass is 251 g/mol. The van der Waals surface area contributed by atoms with Crippen LogP contribution in [0.2, 0.25) is 0 Å². The van der Waals surface area contributed by atoms with Gasteiger partial charge in [0.25, 0.3) is 0 Å². The molecule has 0 saturated heterocycles. The fourth-order valence-electron chi connectivity index (χ4n) is 1.39. The molecule has 0 amide bonds. The van der Waals surface area contributed by atoms with Crippen LogP contribution in [0.3, 0.4) is 0 Å². The number of nitrogen functional groups attached to an aromatic ring is 1. The van der Waals surface area contributed by atoms with Crippen LogP contribution in [0.5, 0.6) is 0 Å². The standard InChI is InChI=1S/C11H11F2N5/c1-6-7(12)3-2-4-9(6)16-10-8(13)5-15-11(17-10)18-14/h2-5H,14H2,1H3,(H2,15,16,17,18). The third kappa shape index (κ3) is 2.35. The minimum atomic E-state index is -0.655. The van der Waals surface area contributed by atoms with Crippen LogP contribution in [0.25, 0.3) is 0 Å². The van der Waals surface area contributed by atoms with E-state index in [0.717, 1.165) is 6.20 Å². The summed E-state index contributed by atoms with van der Waals surface area (Å²) in [7, 11) is 0. The number of nitrogens with zero attached hydrogens (tertiary/aromatic N) is 2. The fraction of sp³-hybridized carbons (Fsp3) is 0.0909. The quantitative estimate of drug-likeness (QED) is 0.575. The van der Waals surface area contributed by atoms with E-state index in [1.807, 2.05) is 0 Å². The topological polar surface area (TPSA) is 75.9 Å². The van der Waals surface area contributed by atoms with E-state index in [1.54, 1.807) is 13.0 Å². The Balaban J connectivity index is 2.36. The van der Waals surface area contributed by atoms with Crippen LogP contribution in [0.4, 0.5) is 26.2 Å². The van der Waals surface area contributed by atoms with Crippen molar-refractivity contribution in [1.29, 1.82) is 0 Å². The number of rotatable bonds is 3. The average Bonchev–Trinajstić information content (AvgIpc) is 2.37. The summed E-state index contributed by atoms with van der Waals surface area (Å²) < 4.78 is 26.8. The highest BCUT2D eigenvalue weighted by molar-refractivity contribution is 5.61. The Hall–Kier alpha value is -2.28. The molecule has 1 aromatic heterocycles. The lowest BCUT2D eigenvalue weighted by Crippen LogP contribution is -2.12. The zero-order valence-corrected chi connectivity index (χ0v) is 9.54. The Kier molecular flexibility index (Phi) is 3.33. The van der Waals surface area contributed by atoms with Crippen molar-refractivity contribution in [1.82, 2.24) is 9.97 Å². The maximum absolute atomic E-state index is 13.5. The van der Waals surface area contributed by atoms with Gasteiger partial charge >= 0.3 is 0 Å². The lowest BCUT2D eigenvalue weighted by Gasteiger charge is -2.10. The van der Waals surface area contributed by atoms with Crippen LogP contribution in [0.1, 0.15) is 5.56 Å². The molecule has 4 N–H and O–H groups in total. The van der Waals surface area contributed by atoms with Crippen LogP contribution in [0.15, 0.2) is 24.4 Å². The van der Waals surface area contributed by atoms with E-state index >= 15 is 0 Å². The van der Waals surface area contributed by atoms with Gasteiger partial charge in [-0.1, -0.05) is 6.07 Å². The third-order valence-corrected chi connectivity index (χ3v) is 2.39. The number of hydrazine groups is 1. The Morgan fingerprint density at radius 2 is 2.00 bits per heavy atom. The van der Waals surface area contributed by atoms with Crippen molar-refractivity contribution >= 4 is 17.5 Å². The van der Waals surface area contributed by atoms with E-state index in [-0.39, 0.29) is 17.6 Å². The molecule has 0 saturated carbocycles. The first-order valence-electron chi connectivity index (χ1n) is 5.13. The van der Waals surface area contributed by atoms with Crippen LogP contribution >= 0.6 is 0 Å². The predicted molar refractivity (Wildman–Crippen MR) is 64.2 cm³/mol. The number of hydrogen-bond acceptors (Lipinski definition) is 5. The van der Waals surface area contributed by atoms with Gasteiger partial charge in [0.15, 0.2) is 11.6 Å². The van der Waals surface area contributed by atoms with Crippen molar-refractivity contribution in [3.63, 3.8) is 0 Å². The van der Waals surface area contributed by atoms with E-state index in [1.165, 1.54) is 12.1 Å². The summed E-state index contributed by atoms with van der Waals surface area (Å²) in [5, 5.41) is 2.69. The number of halogens is 2. The summed E-state index contributed by atoms with van der Waals surface area (Å²) in [6.07, 6.45) is 0.971. The second kappa shape index (κ2) is 4.92. The predicted octanol–water partition coefficient (Wildman–Crippen LogP) is 2.09. The maximum atomic E-state index is 13.5. The molecule has 94 valence electrons. The second-order valence-electron chi connectivity index (χ2n) is 3.57. The van der Waals surface area contributed by atoms with Crippen molar-refractivity contribution in [3.05, 3.63) is 41.6 Å². The summed E-state index contributed by atoms with van der Waals surface area (Å²) >= 11 is 0. The van der Waals surface area contributed by atoms with Crippen LogP contribution in [-0.4, -0.2) is 9.97 Å². The summed E-state index contributed by atoms with van der Waals surface area (Å²) in [6, 6.07) is 4.46. The first kappa shape index (κ1) is 12.2. The molecule has 7 heteroatoms. The Morgan fingerprint density at radius 1 is 1.22 bits per heavy atom. The Bertz CT molecular complexity index is 573. The molecular formula is C11H11F2N5. The van der Waals surface area contributed by atoms with E-state index in [0.29, 0.717) is 11.3 Å². The third-order valence-electron chi connectivity index (χ3n) is 2.39. The van der Waals surface area contributed by atoms with Crippen LogP contribution in [-0.2, 0) is 0 Å². The van der Waals surface area contributed by atoms with Gasteiger partial charge < -0.3 is 5.32 Å². The van der Waals surface area contributed by atoms with Gasteiger partial charge in [0.05, 0.1) is 6.20 Å². The van der Waals surface area contributed by atoms with Crippen molar-refractivity contribution in [2.45, 2.75) is 6.92 Å². The maximum Gasteiger partial charge on any atom is 0.239 e. The van der Waals surface area contributed by atoms with E-state index < -0.39 is 5.82 Å². The average molecular weight is 251 g/mol. The molecule has 1 aromatic carbocycles. The zero-order valence-electron chi connectivity index (χ0n) is 9.54. The van der Waals surface area contributed by atoms with E-state index in [9.17, 15) is 8.78 Å². The van der Waals surface area contributed by atoms with Crippen molar-refractivity contribution < 1.29 is 8.78 Å². The van der Waals surface area contributed by atoms with Crippen molar-refractivity contribution in [3.8, 4) is 0 Å². The lowest BCUT2D eigenvalue weighted by molar-refractivity contribution is 0.616. The number of aromatic nitrogens is 2. The molecule has 0 radical (unpaired) electrons. The smallest absolute Gasteiger partial charge is 0.239 e. The minimum Gasteiger partial charge on any atom is -0.337 e. The van der Waals surface area contributed by atoms with Gasteiger partial charge in [-0.2, -0.15) is 4.98 Å². The van der Waals surface area contributed by atoms with Crippen molar-refractivity contribution in [2.24, 2.45) is 5.84 Å². The van der Waals surface area contributed by atoms with Gasteiger partial charge in [-0.05, 0) is 19.1 Å². The summed E-state index contributed by atoms with van der Waals surface area (Å²) in [5.74, 6) is 4.08. The van der Waals surface area contributed by atoms with Crippen molar-refractivity contribution in [2.75, 3.05) is 10.7 Å². The first-order chi connectivity index (χ1) is 8.61. The molecule has 0 spiro atoms. The highest BCUT2D eigenvalue weighted by Gasteiger charge is 2.09. The molecule has 0 unspecified atom stereocenters. The summed E-state index contributed by atoms with van der Waals surface area (Å²) in [4.78, 5) is 7.40. The van der Waals surface area contributed by atoms with Gasteiger partial charge in [-0.3, -0.25) is 5.43 Å². The van der Waals surface area contributed by atoms with Gasteiger partial charge in [-0.25, -0.2) is 19.6 Å². The van der Waals surface area contributed by atoms with E-state index in [4.69, 9.17) is 5.84 Å². The second-order valence-corrected chi connectivity index (χ2v) is 3.57. The fourth-order valence-corrected chi connectivity index (χ4v) is 1.39. The number of hydrogen-bond donors (Lipinski definition) is 3. The largest absolute Gasteiger partial charge is 0.337 e. The number of nitrogens with two attached hydrogens (primary N) is 1. The Morgan fingerprint density at radius 3 is 2.72 bits per heavy atom. The molecule has 0 aliphatic carbocycles. The highest BCUT2D eigenvalue weighted by Crippen LogP contribution is 2.23. The molecule has 0 fully saturated rings. The summed E-state index contributed by atoms with van der Waals surface area (Å²) in [6.45, 7) is 1.58. The highest BCUT2D eigenvalue weighted by atomic mass is 19.1. The first-order valence-corrected chi connectivity index (χ1v) is 5.13. The molecule has 0 bridgehead atoms. The molecule has 0 atom stereocenters. The minimum absolute atomic E-state index is 0.0629. The van der Waals surface area contributed by atoms with Crippen LogP contribution in [0, 0.1) is 18.6 Å². The van der Waals surface area contributed by atoms with Gasteiger partial charge in [0, 0.05) is 11.3 Å². The molecule has 0 aliphatic rings. The molecule has 0 aliphatic heterocycles. The normalized spacial score (nSPS) is 10.2.